The van der Waals surface area contributed by atoms with Crippen molar-refractivity contribution in [2.75, 3.05) is 13.2 Å². The number of rotatable bonds is 54. The van der Waals surface area contributed by atoms with Crippen LogP contribution in [0.15, 0.2) is 0 Å². The van der Waals surface area contributed by atoms with Crippen molar-refractivity contribution < 1.29 is 24.2 Å². The van der Waals surface area contributed by atoms with Crippen LogP contribution in [-0.4, -0.2) is 36.4 Å². The minimum atomic E-state index is -0.762. The molecule has 5 heteroatoms. The van der Waals surface area contributed by atoms with E-state index < -0.39 is 6.10 Å². The van der Waals surface area contributed by atoms with E-state index in [9.17, 15) is 14.7 Å². The van der Waals surface area contributed by atoms with Gasteiger partial charge in [-0.1, -0.05) is 309 Å². The van der Waals surface area contributed by atoms with Crippen molar-refractivity contribution in [1.29, 1.82) is 0 Å². The summed E-state index contributed by atoms with van der Waals surface area (Å²) in [5, 5.41) is 9.60. The number of hydrogen-bond donors (Lipinski definition) is 1. The van der Waals surface area contributed by atoms with Crippen LogP contribution in [-0.2, 0) is 19.1 Å². The van der Waals surface area contributed by atoms with E-state index in [0.29, 0.717) is 12.8 Å². The van der Waals surface area contributed by atoms with Crippen molar-refractivity contribution in [3.05, 3.63) is 0 Å². The lowest BCUT2D eigenvalue weighted by atomic mass is 10.0. The molecule has 0 aliphatic carbocycles. The number of unbranched alkanes of at least 4 members (excludes halogenated alkanes) is 46. The summed E-state index contributed by atoms with van der Waals surface area (Å²) in [6.45, 7) is 4.18. The molecule has 1 atom stereocenters. The molecule has 0 saturated carbocycles. The third-order valence-electron chi connectivity index (χ3n) is 13.4. The smallest absolute Gasteiger partial charge is 0.306 e. The van der Waals surface area contributed by atoms with Gasteiger partial charge in [-0.25, -0.2) is 0 Å². The molecular formula is C57H112O5. The molecule has 370 valence electrons. The Balaban J connectivity index is 3.31. The molecule has 0 amide bonds. The molecule has 0 radical (unpaired) electrons. The molecule has 0 aliphatic rings. The van der Waals surface area contributed by atoms with Gasteiger partial charge in [0.25, 0.3) is 0 Å². The van der Waals surface area contributed by atoms with E-state index in [0.717, 1.165) is 32.1 Å². The number of aliphatic hydroxyl groups is 1. The van der Waals surface area contributed by atoms with Crippen LogP contribution in [0.1, 0.15) is 335 Å². The van der Waals surface area contributed by atoms with Crippen LogP contribution in [0.5, 0.6) is 0 Å². The largest absolute Gasteiger partial charge is 0.462 e. The summed E-state index contributed by atoms with van der Waals surface area (Å²) in [7, 11) is 0. The molecule has 0 aromatic carbocycles. The Morgan fingerprint density at radius 2 is 0.500 bits per heavy atom. The maximum Gasteiger partial charge on any atom is 0.306 e. The van der Waals surface area contributed by atoms with Gasteiger partial charge in [0.15, 0.2) is 6.10 Å². The first kappa shape index (κ1) is 60.9. The van der Waals surface area contributed by atoms with Crippen molar-refractivity contribution >= 4 is 11.9 Å². The van der Waals surface area contributed by atoms with Crippen LogP contribution in [0.3, 0.4) is 0 Å². The maximum atomic E-state index is 12.3. The Morgan fingerprint density at radius 1 is 0.306 bits per heavy atom. The highest BCUT2D eigenvalue weighted by Gasteiger charge is 2.16. The average Bonchev–Trinajstić information content (AvgIpc) is 3.28. The number of carbonyl (C=O) groups excluding carboxylic acids is 2. The van der Waals surface area contributed by atoms with Crippen molar-refractivity contribution in [1.82, 2.24) is 0 Å². The molecule has 62 heavy (non-hydrogen) atoms. The van der Waals surface area contributed by atoms with Gasteiger partial charge in [-0.05, 0) is 12.8 Å². The lowest BCUT2D eigenvalue weighted by Crippen LogP contribution is -2.28. The predicted octanol–water partition coefficient (Wildman–Crippen LogP) is 19.0. The number of carbonyl (C=O) groups is 2. The summed E-state index contributed by atoms with van der Waals surface area (Å²) < 4.78 is 10.7. The maximum absolute atomic E-state index is 12.3. The fourth-order valence-electron chi connectivity index (χ4n) is 9.09. The molecule has 0 heterocycles. The van der Waals surface area contributed by atoms with E-state index in [4.69, 9.17) is 9.47 Å². The summed E-state index contributed by atoms with van der Waals surface area (Å²) in [6, 6.07) is 0. The van der Waals surface area contributed by atoms with E-state index in [1.54, 1.807) is 0 Å². The molecule has 0 fully saturated rings. The Bertz CT molecular complexity index is 860. The zero-order valence-corrected chi connectivity index (χ0v) is 42.4. The summed E-state index contributed by atoms with van der Waals surface area (Å²) in [5.41, 5.74) is 0. The van der Waals surface area contributed by atoms with Gasteiger partial charge in [-0.15, -0.1) is 0 Å². The highest BCUT2D eigenvalue weighted by atomic mass is 16.6. The molecule has 0 aromatic rings. The van der Waals surface area contributed by atoms with E-state index >= 15 is 0 Å². The second-order valence-electron chi connectivity index (χ2n) is 19.7. The van der Waals surface area contributed by atoms with Crippen LogP contribution in [0.4, 0.5) is 0 Å². The first-order valence-corrected chi connectivity index (χ1v) is 28.6. The normalized spacial score (nSPS) is 12.0. The molecule has 0 aromatic heterocycles. The summed E-state index contributed by atoms with van der Waals surface area (Å²) in [6.07, 6.45) is 65.4. The highest BCUT2D eigenvalue weighted by Crippen LogP contribution is 2.18. The Labute approximate surface area is 389 Å². The fraction of sp³-hybridized carbons (Fsp3) is 0.965. The Kier molecular flexibility index (Phi) is 53.3. The number of ether oxygens (including phenoxy) is 2. The van der Waals surface area contributed by atoms with Crippen molar-refractivity contribution in [3.63, 3.8) is 0 Å². The SMILES string of the molecule is CCCCCCCCCCCCCCCCCCCCCCCCCCCCCCCCCCCCCCCC(=O)OC(CO)COC(=O)CCCCCCCCCCCCC. The van der Waals surface area contributed by atoms with E-state index in [-0.39, 0.29) is 25.2 Å². The Morgan fingerprint density at radius 3 is 0.710 bits per heavy atom. The molecule has 1 unspecified atom stereocenters. The van der Waals surface area contributed by atoms with Gasteiger partial charge in [-0.2, -0.15) is 0 Å². The molecule has 1 N–H and O–H groups in total. The van der Waals surface area contributed by atoms with Gasteiger partial charge in [0.05, 0.1) is 6.61 Å². The minimum absolute atomic E-state index is 0.0567. The molecule has 0 spiro atoms. The molecule has 0 bridgehead atoms. The summed E-state index contributed by atoms with van der Waals surface area (Å²) >= 11 is 0. The van der Waals surface area contributed by atoms with Gasteiger partial charge < -0.3 is 14.6 Å². The minimum Gasteiger partial charge on any atom is -0.462 e. The first-order chi connectivity index (χ1) is 30.6. The first-order valence-electron chi connectivity index (χ1n) is 28.6. The summed E-state index contributed by atoms with van der Waals surface area (Å²) in [4.78, 5) is 24.4. The van der Waals surface area contributed by atoms with Crippen LogP contribution in [0.2, 0.25) is 0 Å². The second-order valence-corrected chi connectivity index (χ2v) is 19.7. The molecule has 0 saturated heterocycles. The van der Waals surface area contributed by atoms with Crippen LogP contribution in [0, 0.1) is 0 Å². The van der Waals surface area contributed by atoms with E-state index in [1.807, 2.05) is 0 Å². The second kappa shape index (κ2) is 54.2. The van der Waals surface area contributed by atoms with E-state index in [1.165, 1.54) is 276 Å². The van der Waals surface area contributed by atoms with Gasteiger partial charge in [0.2, 0.25) is 0 Å². The lowest BCUT2D eigenvalue weighted by Gasteiger charge is -2.15. The monoisotopic (exact) mass is 877 g/mol. The zero-order valence-electron chi connectivity index (χ0n) is 42.4. The Hall–Kier alpha value is -1.10. The van der Waals surface area contributed by atoms with Crippen molar-refractivity contribution in [3.8, 4) is 0 Å². The topological polar surface area (TPSA) is 72.8 Å². The molecule has 5 nitrogen and oxygen atoms in total. The van der Waals surface area contributed by atoms with Crippen LogP contribution in [0.25, 0.3) is 0 Å². The third-order valence-corrected chi connectivity index (χ3v) is 13.4. The van der Waals surface area contributed by atoms with Gasteiger partial charge in [-0.3, -0.25) is 9.59 Å². The standard InChI is InChI=1S/C57H112O5/c1-3-5-7-9-11-13-15-16-17-18-19-20-21-22-23-24-25-26-27-28-29-30-31-32-33-34-35-36-37-38-39-40-42-44-46-48-50-52-57(60)62-55(53-58)54-61-56(59)51-49-47-45-43-41-14-12-10-8-6-4-2/h55,58H,3-54H2,1-2H3. The lowest BCUT2D eigenvalue weighted by molar-refractivity contribution is -0.161. The number of esters is 2. The van der Waals surface area contributed by atoms with Crippen LogP contribution < -0.4 is 0 Å². The molecule has 0 rings (SSSR count). The van der Waals surface area contributed by atoms with Crippen molar-refractivity contribution in [2.45, 2.75) is 341 Å². The number of hydrogen-bond acceptors (Lipinski definition) is 5. The van der Waals surface area contributed by atoms with Crippen LogP contribution >= 0.6 is 0 Å². The fourth-order valence-corrected chi connectivity index (χ4v) is 9.09. The quantitative estimate of drug-likeness (QED) is 0.0487. The zero-order chi connectivity index (χ0) is 44.9. The predicted molar refractivity (Wildman–Crippen MR) is 270 cm³/mol. The molecule has 0 aliphatic heterocycles. The average molecular weight is 878 g/mol. The molecular weight excluding hydrogens is 765 g/mol. The number of aliphatic hydroxyl groups excluding tert-OH is 1. The third kappa shape index (κ3) is 51.5. The summed E-state index contributed by atoms with van der Waals surface area (Å²) in [5.74, 6) is -0.570. The van der Waals surface area contributed by atoms with Crippen molar-refractivity contribution in [2.24, 2.45) is 0 Å². The van der Waals surface area contributed by atoms with Gasteiger partial charge >= 0.3 is 11.9 Å². The highest BCUT2D eigenvalue weighted by molar-refractivity contribution is 5.70. The van der Waals surface area contributed by atoms with Gasteiger partial charge in [0, 0.05) is 12.8 Å². The van der Waals surface area contributed by atoms with E-state index in [2.05, 4.69) is 13.8 Å². The van der Waals surface area contributed by atoms with Gasteiger partial charge in [0.1, 0.15) is 6.61 Å².